The molecule has 2 unspecified atom stereocenters. The molecule has 0 aliphatic heterocycles. The van der Waals surface area contributed by atoms with Crippen molar-refractivity contribution in [1.82, 2.24) is 4.72 Å². The molecule has 5 nitrogen and oxygen atoms in total. The molecular weight excluding hydrogens is 276 g/mol. The topological polar surface area (TPSA) is 81.4 Å². The molecule has 1 fully saturated rings. The van der Waals surface area contributed by atoms with Gasteiger partial charge in [-0.3, -0.25) is 0 Å². The molecule has 0 amide bonds. The Labute approximate surface area is 120 Å². The highest BCUT2D eigenvalue weighted by Crippen LogP contribution is 2.31. The minimum atomic E-state index is -3.57. The van der Waals surface area contributed by atoms with Gasteiger partial charge >= 0.3 is 0 Å². The van der Waals surface area contributed by atoms with Crippen molar-refractivity contribution in [2.24, 2.45) is 5.92 Å². The van der Waals surface area contributed by atoms with Crippen LogP contribution in [0.2, 0.25) is 0 Å². The predicted molar refractivity (Wildman–Crippen MR) is 79.1 cm³/mol. The van der Waals surface area contributed by atoms with Gasteiger partial charge in [-0.2, -0.15) is 0 Å². The molecule has 0 bridgehead atoms. The maximum absolute atomic E-state index is 12.0. The average molecular weight is 298 g/mol. The van der Waals surface area contributed by atoms with Gasteiger partial charge in [-0.05, 0) is 50.4 Å². The molecule has 3 N–H and O–H groups in total. The van der Waals surface area contributed by atoms with Gasteiger partial charge in [0.25, 0.3) is 0 Å². The molecule has 1 saturated carbocycles. The van der Waals surface area contributed by atoms with Crippen molar-refractivity contribution in [2.45, 2.75) is 43.6 Å². The van der Waals surface area contributed by atoms with E-state index in [4.69, 9.17) is 10.5 Å². The Morgan fingerprint density at radius 3 is 2.75 bits per heavy atom. The highest BCUT2D eigenvalue weighted by Gasteiger charge is 2.24. The van der Waals surface area contributed by atoms with Crippen LogP contribution in [0.4, 0.5) is 5.69 Å². The van der Waals surface area contributed by atoms with Gasteiger partial charge in [0.15, 0.2) is 0 Å². The van der Waals surface area contributed by atoms with Crippen LogP contribution in [0.5, 0.6) is 5.75 Å². The lowest BCUT2D eigenvalue weighted by Gasteiger charge is -2.28. The Morgan fingerprint density at radius 2 is 2.10 bits per heavy atom. The smallest absolute Gasteiger partial charge is 0.244 e. The molecule has 0 heterocycles. The molecule has 0 radical (unpaired) electrons. The summed E-state index contributed by atoms with van der Waals surface area (Å²) in [5, 5.41) is 0. The number of anilines is 1. The van der Waals surface area contributed by atoms with Crippen LogP contribution >= 0.6 is 0 Å². The van der Waals surface area contributed by atoms with E-state index in [1.807, 2.05) is 0 Å². The van der Waals surface area contributed by atoms with Gasteiger partial charge in [0.1, 0.15) is 10.6 Å². The van der Waals surface area contributed by atoms with Crippen LogP contribution in [0.1, 0.15) is 32.6 Å². The van der Waals surface area contributed by atoms with E-state index in [0.717, 1.165) is 19.3 Å². The average Bonchev–Trinajstić information content (AvgIpc) is 2.41. The fourth-order valence-corrected chi connectivity index (χ4v) is 3.50. The quantitative estimate of drug-likeness (QED) is 0.834. The first-order valence-corrected chi connectivity index (χ1v) is 8.40. The van der Waals surface area contributed by atoms with E-state index < -0.39 is 10.0 Å². The van der Waals surface area contributed by atoms with Crippen LogP contribution in [0.25, 0.3) is 0 Å². The van der Waals surface area contributed by atoms with E-state index in [9.17, 15) is 8.42 Å². The van der Waals surface area contributed by atoms with E-state index in [2.05, 4.69) is 11.6 Å². The second-order valence-corrected chi connectivity index (χ2v) is 7.28. The van der Waals surface area contributed by atoms with Crippen molar-refractivity contribution in [3.8, 4) is 5.75 Å². The summed E-state index contributed by atoms with van der Waals surface area (Å²) in [6.45, 7) is 2.20. The number of nitrogens with two attached hydrogens (primary N) is 1. The first-order valence-electron chi connectivity index (χ1n) is 6.92. The minimum absolute atomic E-state index is 0.0770. The fourth-order valence-electron chi connectivity index (χ4n) is 2.61. The summed E-state index contributed by atoms with van der Waals surface area (Å²) >= 11 is 0. The predicted octanol–water partition coefficient (Wildman–Crippen LogP) is 2.13. The molecular formula is C14H22N2O3S. The van der Waals surface area contributed by atoms with E-state index in [-0.39, 0.29) is 11.0 Å². The molecule has 1 aliphatic carbocycles. The summed E-state index contributed by atoms with van der Waals surface area (Å²) in [5.41, 5.74) is 6.09. The van der Waals surface area contributed by atoms with Gasteiger partial charge in [0, 0.05) is 5.69 Å². The third-order valence-corrected chi connectivity index (χ3v) is 5.14. The van der Waals surface area contributed by atoms with Crippen molar-refractivity contribution in [1.29, 1.82) is 0 Å². The molecule has 1 aromatic rings. The lowest BCUT2D eigenvalue weighted by molar-refractivity contribution is 0.126. The number of ether oxygens (including phenoxy) is 1. The summed E-state index contributed by atoms with van der Waals surface area (Å²) in [6, 6.07) is 4.74. The molecule has 20 heavy (non-hydrogen) atoms. The number of sulfonamides is 1. The van der Waals surface area contributed by atoms with E-state index in [0.29, 0.717) is 17.4 Å². The first-order chi connectivity index (χ1) is 9.42. The van der Waals surface area contributed by atoms with Crippen LogP contribution in [0.3, 0.4) is 0 Å². The maximum Gasteiger partial charge on any atom is 0.244 e. The van der Waals surface area contributed by atoms with Gasteiger partial charge in [0.05, 0.1) is 6.10 Å². The Bertz CT molecular complexity index is 572. The summed E-state index contributed by atoms with van der Waals surface area (Å²) in [6.07, 6.45) is 4.34. The molecule has 2 atom stereocenters. The third-order valence-electron chi connectivity index (χ3n) is 3.71. The molecule has 0 saturated heterocycles. The number of nitrogen functional groups attached to an aromatic ring is 1. The van der Waals surface area contributed by atoms with Gasteiger partial charge in [0.2, 0.25) is 10.0 Å². The zero-order valence-electron chi connectivity index (χ0n) is 11.9. The highest BCUT2D eigenvalue weighted by molar-refractivity contribution is 7.89. The van der Waals surface area contributed by atoms with Gasteiger partial charge in [-0.25, -0.2) is 13.1 Å². The van der Waals surface area contributed by atoms with Crippen molar-refractivity contribution in [3.63, 3.8) is 0 Å². The summed E-state index contributed by atoms with van der Waals surface area (Å²) in [4.78, 5) is 0.109. The van der Waals surface area contributed by atoms with Crippen LogP contribution in [-0.2, 0) is 10.0 Å². The lowest BCUT2D eigenvalue weighted by atomic mass is 9.89. The van der Waals surface area contributed by atoms with Crippen molar-refractivity contribution < 1.29 is 13.2 Å². The van der Waals surface area contributed by atoms with Crippen molar-refractivity contribution in [2.75, 3.05) is 12.8 Å². The second-order valence-electron chi connectivity index (χ2n) is 5.43. The minimum Gasteiger partial charge on any atom is -0.489 e. The Morgan fingerprint density at radius 1 is 1.35 bits per heavy atom. The number of nitrogens with one attached hydrogen (secondary N) is 1. The van der Waals surface area contributed by atoms with Crippen LogP contribution < -0.4 is 15.2 Å². The SMILES string of the molecule is CNS(=O)(=O)c1cc(N)ccc1OC1CCCC(C)C1. The Kier molecular flexibility index (Phi) is 4.55. The molecule has 1 aromatic carbocycles. The monoisotopic (exact) mass is 298 g/mol. The molecule has 6 heteroatoms. The van der Waals surface area contributed by atoms with Gasteiger partial charge in [-0.1, -0.05) is 13.3 Å². The Balaban J connectivity index is 2.27. The second kappa shape index (κ2) is 6.01. The molecule has 1 aliphatic rings. The van der Waals surface area contributed by atoms with Crippen LogP contribution in [-0.4, -0.2) is 21.6 Å². The molecule has 0 spiro atoms. The Hall–Kier alpha value is -1.27. The highest BCUT2D eigenvalue weighted by atomic mass is 32.2. The lowest BCUT2D eigenvalue weighted by Crippen LogP contribution is -2.26. The standard InChI is InChI=1S/C14H22N2O3S/c1-10-4-3-5-12(8-10)19-13-7-6-11(15)9-14(13)20(17,18)16-2/h6-7,9-10,12,16H,3-5,8,15H2,1-2H3. The van der Waals surface area contributed by atoms with Gasteiger partial charge < -0.3 is 10.5 Å². The van der Waals surface area contributed by atoms with E-state index >= 15 is 0 Å². The summed E-state index contributed by atoms with van der Waals surface area (Å²) in [5.74, 6) is 1.000. The fraction of sp³-hybridized carbons (Fsp3) is 0.571. The number of hydrogen-bond donors (Lipinski definition) is 2. The zero-order valence-corrected chi connectivity index (χ0v) is 12.7. The molecule has 112 valence electrons. The normalized spacial score (nSPS) is 23.5. The number of hydrogen-bond acceptors (Lipinski definition) is 4. The number of rotatable bonds is 4. The third kappa shape index (κ3) is 3.43. The summed E-state index contributed by atoms with van der Waals surface area (Å²) < 4.78 is 32.3. The van der Waals surface area contributed by atoms with E-state index in [1.165, 1.54) is 19.5 Å². The molecule has 0 aromatic heterocycles. The first kappa shape index (κ1) is 15.1. The maximum atomic E-state index is 12.0. The van der Waals surface area contributed by atoms with Crippen LogP contribution in [0.15, 0.2) is 23.1 Å². The van der Waals surface area contributed by atoms with Crippen molar-refractivity contribution in [3.05, 3.63) is 18.2 Å². The van der Waals surface area contributed by atoms with Gasteiger partial charge in [-0.15, -0.1) is 0 Å². The molecule has 2 rings (SSSR count). The zero-order chi connectivity index (χ0) is 14.8. The van der Waals surface area contributed by atoms with Crippen molar-refractivity contribution >= 4 is 15.7 Å². The van der Waals surface area contributed by atoms with E-state index in [1.54, 1.807) is 12.1 Å². The van der Waals surface area contributed by atoms with Crippen LogP contribution in [0, 0.1) is 5.92 Å². The number of benzene rings is 1. The largest absolute Gasteiger partial charge is 0.489 e. The summed E-state index contributed by atoms with van der Waals surface area (Å²) in [7, 11) is -2.19.